The highest BCUT2D eigenvalue weighted by Crippen LogP contribution is 2.29. The molecule has 1 saturated heterocycles. The number of likely N-dealkylation sites (tertiary alicyclic amines) is 1. The molecule has 6 nitrogen and oxygen atoms in total. The van der Waals surface area contributed by atoms with Gasteiger partial charge in [0.05, 0.1) is 24.4 Å². The summed E-state index contributed by atoms with van der Waals surface area (Å²) in [5.41, 5.74) is 0.869. The summed E-state index contributed by atoms with van der Waals surface area (Å²) in [7, 11) is 1.81. The Hall–Kier alpha value is -1.27. The molecule has 2 heterocycles. The minimum Gasteiger partial charge on any atom is -0.444 e. The van der Waals surface area contributed by atoms with Crippen LogP contribution in [0.15, 0.2) is 0 Å². The molecule has 1 amide bonds. The number of rotatable bonds is 3. The fourth-order valence-electron chi connectivity index (χ4n) is 2.62. The van der Waals surface area contributed by atoms with Crippen molar-refractivity contribution in [1.82, 2.24) is 14.7 Å². The summed E-state index contributed by atoms with van der Waals surface area (Å²) in [6.45, 7) is 11.0. The zero-order valence-electron chi connectivity index (χ0n) is 14.8. The lowest BCUT2D eigenvalue weighted by molar-refractivity contribution is -0.0376. The molecule has 130 valence electrons. The van der Waals surface area contributed by atoms with Gasteiger partial charge in [-0.15, -0.1) is 0 Å². The zero-order chi connectivity index (χ0) is 17.4. The van der Waals surface area contributed by atoms with E-state index >= 15 is 0 Å². The van der Waals surface area contributed by atoms with Crippen LogP contribution in [0.5, 0.6) is 0 Å². The maximum atomic E-state index is 12.1. The van der Waals surface area contributed by atoms with E-state index in [1.165, 1.54) is 0 Å². The smallest absolute Gasteiger partial charge is 0.410 e. The quantitative estimate of drug-likeness (QED) is 0.845. The van der Waals surface area contributed by atoms with Crippen LogP contribution in [0.1, 0.15) is 45.4 Å². The van der Waals surface area contributed by atoms with Crippen molar-refractivity contribution in [3.63, 3.8) is 0 Å². The molecular weight excluding hydrogens is 318 g/mol. The second kappa shape index (κ2) is 6.32. The highest BCUT2D eigenvalue weighted by Gasteiger charge is 2.39. The highest BCUT2D eigenvalue weighted by atomic mass is 35.5. The molecule has 0 aromatic carbocycles. The van der Waals surface area contributed by atoms with Gasteiger partial charge in [-0.1, -0.05) is 11.6 Å². The van der Waals surface area contributed by atoms with Crippen LogP contribution in [0, 0.1) is 6.92 Å². The lowest BCUT2D eigenvalue weighted by Crippen LogP contribution is -2.39. The molecule has 1 aliphatic rings. The van der Waals surface area contributed by atoms with Crippen molar-refractivity contribution in [1.29, 1.82) is 0 Å². The summed E-state index contributed by atoms with van der Waals surface area (Å²) in [6.07, 6.45) is 0.476. The minimum atomic E-state index is -0.489. The van der Waals surface area contributed by atoms with Crippen LogP contribution in [0.4, 0.5) is 4.79 Å². The third-order valence-corrected chi connectivity index (χ3v) is 4.40. The number of hydrogen-bond donors (Lipinski definition) is 0. The van der Waals surface area contributed by atoms with Gasteiger partial charge in [0.25, 0.3) is 0 Å². The number of amides is 1. The lowest BCUT2D eigenvalue weighted by Gasteiger charge is -2.27. The van der Waals surface area contributed by atoms with Crippen LogP contribution >= 0.6 is 11.6 Å². The number of ether oxygens (including phenoxy) is 2. The number of carbonyl (C=O) groups is 1. The van der Waals surface area contributed by atoms with Gasteiger partial charge >= 0.3 is 6.09 Å². The first kappa shape index (κ1) is 18.1. The lowest BCUT2D eigenvalue weighted by atomic mass is 10.1. The normalized spacial score (nSPS) is 21.8. The molecule has 0 saturated carbocycles. The van der Waals surface area contributed by atoms with E-state index < -0.39 is 11.2 Å². The first-order valence-electron chi connectivity index (χ1n) is 7.81. The average molecular weight is 344 g/mol. The van der Waals surface area contributed by atoms with E-state index in [0.29, 0.717) is 24.8 Å². The van der Waals surface area contributed by atoms with Crippen molar-refractivity contribution in [2.45, 2.75) is 58.8 Å². The molecular formula is C16H26ClN3O3. The second-order valence-electron chi connectivity index (χ2n) is 7.37. The van der Waals surface area contributed by atoms with Gasteiger partial charge in [-0.05, 0) is 41.0 Å². The van der Waals surface area contributed by atoms with Gasteiger partial charge in [0.1, 0.15) is 10.8 Å². The summed E-state index contributed by atoms with van der Waals surface area (Å²) in [6, 6.07) is 0. The number of halogens is 1. The van der Waals surface area contributed by atoms with Crippen molar-refractivity contribution in [3.05, 3.63) is 16.4 Å². The number of aromatic nitrogens is 2. The molecule has 1 atom stereocenters. The predicted octanol–water partition coefficient (Wildman–Crippen LogP) is 3.30. The molecule has 0 N–H and O–H groups in total. The molecule has 0 aliphatic carbocycles. The summed E-state index contributed by atoms with van der Waals surface area (Å²) < 4.78 is 13.1. The second-order valence-corrected chi connectivity index (χ2v) is 7.73. The van der Waals surface area contributed by atoms with E-state index in [-0.39, 0.29) is 6.09 Å². The Balaban J connectivity index is 1.95. The van der Waals surface area contributed by atoms with E-state index in [1.54, 1.807) is 16.6 Å². The van der Waals surface area contributed by atoms with Crippen molar-refractivity contribution in [2.24, 2.45) is 7.05 Å². The van der Waals surface area contributed by atoms with Gasteiger partial charge in [0.2, 0.25) is 0 Å². The zero-order valence-corrected chi connectivity index (χ0v) is 15.5. The van der Waals surface area contributed by atoms with E-state index in [1.807, 2.05) is 34.6 Å². The van der Waals surface area contributed by atoms with Gasteiger partial charge in [0.15, 0.2) is 0 Å². The van der Waals surface area contributed by atoms with Gasteiger partial charge < -0.3 is 14.4 Å². The van der Waals surface area contributed by atoms with Crippen LogP contribution in [0.25, 0.3) is 0 Å². The minimum absolute atomic E-state index is 0.291. The van der Waals surface area contributed by atoms with E-state index in [0.717, 1.165) is 17.7 Å². The molecule has 1 unspecified atom stereocenters. The predicted molar refractivity (Wildman–Crippen MR) is 88.6 cm³/mol. The Labute approximate surface area is 142 Å². The number of carbonyl (C=O) groups excluding carboxylic acids is 1. The van der Waals surface area contributed by atoms with Crippen molar-refractivity contribution < 1.29 is 14.3 Å². The SMILES string of the molecule is Cc1nn(C)c(Cl)c1COC1(C)CCN(C(=O)OC(C)(C)C)C1. The Morgan fingerprint density at radius 2 is 2.09 bits per heavy atom. The molecule has 7 heteroatoms. The standard InChI is InChI=1S/C16H26ClN3O3/c1-11-12(13(17)19(6)18-11)9-22-16(5)7-8-20(10-16)14(21)23-15(2,3)4/h7-10H2,1-6H3. The van der Waals surface area contributed by atoms with Gasteiger partial charge in [-0.2, -0.15) is 5.10 Å². The molecule has 0 radical (unpaired) electrons. The summed E-state index contributed by atoms with van der Waals surface area (Å²) in [5, 5.41) is 4.87. The van der Waals surface area contributed by atoms with E-state index in [2.05, 4.69) is 5.10 Å². The molecule has 2 rings (SSSR count). The first-order valence-corrected chi connectivity index (χ1v) is 8.18. The van der Waals surface area contributed by atoms with E-state index in [4.69, 9.17) is 21.1 Å². The summed E-state index contributed by atoms with van der Waals surface area (Å²) >= 11 is 6.23. The Morgan fingerprint density at radius 1 is 1.43 bits per heavy atom. The third kappa shape index (κ3) is 4.38. The third-order valence-electron chi connectivity index (χ3n) is 3.92. The average Bonchev–Trinajstić information content (AvgIpc) is 2.89. The van der Waals surface area contributed by atoms with Gasteiger partial charge in [0, 0.05) is 19.2 Å². The molecule has 0 bridgehead atoms. The maximum absolute atomic E-state index is 12.1. The Kier molecular flexibility index (Phi) is 4.97. The Bertz CT molecular complexity index is 594. The van der Waals surface area contributed by atoms with Crippen molar-refractivity contribution in [3.8, 4) is 0 Å². The largest absolute Gasteiger partial charge is 0.444 e. The highest BCUT2D eigenvalue weighted by molar-refractivity contribution is 6.30. The fraction of sp³-hybridized carbons (Fsp3) is 0.750. The van der Waals surface area contributed by atoms with Crippen LogP contribution < -0.4 is 0 Å². The monoisotopic (exact) mass is 343 g/mol. The van der Waals surface area contributed by atoms with E-state index in [9.17, 15) is 4.79 Å². The summed E-state index contributed by atoms with van der Waals surface area (Å²) in [4.78, 5) is 13.8. The number of hydrogen-bond acceptors (Lipinski definition) is 4. The van der Waals surface area contributed by atoms with Gasteiger partial charge in [-0.3, -0.25) is 4.68 Å². The van der Waals surface area contributed by atoms with Crippen LogP contribution in [-0.2, 0) is 23.1 Å². The maximum Gasteiger partial charge on any atom is 0.410 e. The Morgan fingerprint density at radius 3 is 2.61 bits per heavy atom. The van der Waals surface area contributed by atoms with Gasteiger partial charge in [-0.25, -0.2) is 4.79 Å². The fourth-order valence-corrected chi connectivity index (χ4v) is 2.85. The van der Waals surface area contributed by atoms with Crippen LogP contribution in [0.3, 0.4) is 0 Å². The number of nitrogens with zero attached hydrogens (tertiary/aromatic N) is 3. The molecule has 1 aliphatic heterocycles. The summed E-state index contributed by atoms with van der Waals surface area (Å²) in [5.74, 6) is 0. The molecule has 1 fully saturated rings. The van der Waals surface area contributed by atoms with Crippen LogP contribution in [0.2, 0.25) is 5.15 Å². The molecule has 1 aromatic rings. The number of aryl methyl sites for hydroxylation is 2. The molecule has 1 aromatic heterocycles. The van der Waals surface area contributed by atoms with Crippen molar-refractivity contribution in [2.75, 3.05) is 13.1 Å². The van der Waals surface area contributed by atoms with Crippen LogP contribution in [-0.4, -0.2) is 45.1 Å². The topological polar surface area (TPSA) is 56.6 Å². The molecule has 0 spiro atoms. The first-order chi connectivity index (χ1) is 10.5. The molecule has 23 heavy (non-hydrogen) atoms. The van der Waals surface area contributed by atoms with Crippen molar-refractivity contribution >= 4 is 17.7 Å².